The summed E-state index contributed by atoms with van der Waals surface area (Å²) in [5.74, 6) is 6.39. The number of benzene rings is 1. The molecule has 1 unspecified atom stereocenters. The minimum Gasteiger partial charge on any atom is -0.382 e. The van der Waals surface area contributed by atoms with Gasteiger partial charge in [-0.1, -0.05) is 36.3 Å². The van der Waals surface area contributed by atoms with Gasteiger partial charge in [-0.15, -0.1) is 0 Å². The van der Waals surface area contributed by atoms with Crippen LogP contribution in [0.5, 0.6) is 0 Å². The van der Waals surface area contributed by atoms with E-state index in [0.29, 0.717) is 29.1 Å². The number of rotatable bonds is 5. The topological polar surface area (TPSA) is 106 Å². The Kier molecular flexibility index (Phi) is 5.49. The van der Waals surface area contributed by atoms with E-state index in [4.69, 9.17) is 10.7 Å². The van der Waals surface area contributed by atoms with Crippen LogP contribution in [0.4, 0.5) is 5.82 Å². The summed E-state index contributed by atoms with van der Waals surface area (Å²) >= 11 is 0. The summed E-state index contributed by atoms with van der Waals surface area (Å²) in [4.78, 5) is 41.1. The zero-order chi connectivity index (χ0) is 25.6. The molecule has 1 atom stereocenters. The molecule has 1 spiro atoms. The number of imidazole rings is 1. The van der Waals surface area contributed by atoms with Crippen molar-refractivity contribution < 1.29 is 9.59 Å². The SMILES string of the molecule is CC#CC(=O)N1CC2(CC2)CC1c1nc(-c2ccc(C(=O)Cc3ccccn3)cc2)c2c(N)nccn12. The molecule has 4 heterocycles. The lowest BCUT2D eigenvalue weighted by Gasteiger charge is -2.21. The van der Waals surface area contributed by atoms with E-state index in [1.807, 2.05) is 45.8 Å². The molecule has 0 bridgehead atoms. The second-order valence-corrected chi connectivity index (χ2v) is 9.88. The Morgan fingerprint density at radius 2 is 1.92 bits per heavy atom. The molecule has 1 saturated heterocycles. The highest BCUT2D eigenvalue weighted by Gasteiger charge is 2.54. The largest absolute Gasteiger partial charge is 0.382 e. The number of hydrogen-bond donors (Lipinski definition) is 1. The Morgan fingerprint density at radius 1 is 1.11 bits per heavy atom. The maximum atomic E-state index is 12.9. The predicted molar refractivity (Wildman–Crippen MR) is 139 cm³/mol. The summed E-state index contributed by atoms with van der Waals surface area (Å²) in [6.07, 6.45) is 8.49. The maximum Gasteiger partial charge on any atom is 0.299 e. The summed E-state index contributed by atoms with van der Waals surface area (Å²) in [5, 5.41) is 0. The van der Waals surface area contributed by atoms with Gasteiger partial charge < -0.3 is 10.6 Å². The van der Waals surface area contributed by atoms with Crippen molar-refractivity contribution in [2.24, 2.45) is 5.41 Å². The zero-order valence-corrected chi connectivity index (χ0v) is 20.5. The number of carbonyl (C=O) groups is 2. The number of nitrogens with zero attached hydrogens (tertiary/aromatic N) is 5. The van der Waals surface area contributed by atoms with Crippen LogP contribution in [0.1, 0.15) is 54.1 Å². The molecule has 1 aliphatic carbocycles. The molecule has 8 heteroatoms. The summed E-state index contributed by atoms with van der Waals surface area (Å²) in [7, 11) is 0. The van der Waals surface area contributed by atoms with Gasteiger partial charge in [-0.05, 0) is 49.7 Å². The molecule has 184 valence electrons. The first-order valence-corrected chi connectivity index (χ1v) is 12.4. The second kappa shape index (κ2) is 8.86. The van der Waals surface area contributed by atoms with Crippen LogP contribution in [0.2, 0.25) is 0 Å². The number of nitrogen functional groups attached to an aromatic ring is 1. The van der Waals surface area contributed by atoms with Gasteiger partial charge >= 0.3 is 0 Å². The molecule has 0 radical (unpaired) electrons. The molecule has 2 fully saturated rings. The van der Waals surface area contributed by atoms with E-state index in [2.05, 4.69) is 21.8 Å². The lowest BCUT2D eigenvalue weighted by molar-refractivity contribution is -0.126. The van der Waals surface area contributed by atoms with Crippen LogP contribution >= 0.6 is 0 Å². The molecule has 1 aliphatic heterocycles. The third-order valence-corrected chi connectivity index (χ3v) is 7.41. The van der Waals surface area contributed by atoms with E-state index < -0.39 is 0 Å². The number of likely N-dealkylation sites (tertiary alicyclic amines) is 1. The lowest BCUT2D eigenvalue weighted by atomic mass is 10.0. The zero-order valence-electron chi connectivity index (χ0n) is 20.5. The van der Waals surface area contributed by atoms with Gasteiger partial charge in [0.15, 0.2) is 5.78 Å². The number of amides is 1. The van der Waals surface area contributed by atoms with Crippen molar-refractivity contribution in [1.29, 1.82) is 0 Å². The highest BCUT2D eigenvalue weighted by Crippen LogP contribution is 2.58. The van der Waals surface area contributed by atoms with Crippen LogP contribution in [0.25, 0.3) is 16.8 Å². The monoisotopic (exact) mass is 490 g/mol. The highest BCUT2D eigenvalue weighted by molar-refractivity contribution is 5.98. The molecular weight excluding hydrogens is 464 g/mol. The maximum absolute atomic E-state index is 12.9. The Bertz CT molecular complexity index is 1580. The van der Waals surface area contributed by atoms with Crippen molar-refractivity contribution in [3.8, 4) is 23.1 Å². The second-order valence-electron chi connectivity index (χ2n) is 9.88. The van der Waals surface area contributed by atoms with Gasteiger partial charge in [-0.2, -0.15) is 0 Å². The molecule has 6 rings (SSSR count). The Balaban J connectivity index is 1.37. The van der Waals surface area contributed by atoms with Crippen molar-refractivity contribution >= 4 is 23.0 Å². The minimum absolute atomic E-state index is 0.00584. The van der Waals surface area contributed by atoms with Gasteiger partial charge in [-0.25, -0.2) is 9.97 Å². The number of nitrogens with two attached hydrogens (primary N) is 1. The van der Waals surface area contributed by atoms with E-state index in [-0.39, 0.29) is 29.6 Å². The molecule has 8 nitrogen and oxygen atoms in total. The first kappa shape index (κ1) is 22.9. The van der Waals surface area contributed by atoms with Crippen molar-refractivity contribution in [2.45, 2.75) is 38.6 Å². The summed E-state index contributed by atoms with van der Waals surface area (Å²) in [5.41, 5.74) is 10.0. The van der Waals surface area contributed by atoms with Crippen LogP contribution in [0, 0.1) is 17.3 Å². The number of Topliss-reactive ketones (excluding diaryl/α,β-unsaturated/α-hetero) is 1. The van der Waals surface area contributed by atoms with E-state index in [0.717, 1.165) is 36.3 Å². The molecule has 4 aromatic rings. The number of carbonyl (C=O) groups excluding carboxylic acids is 2. The van der Waals surface area contributed by atoms with Crippen molar-refractivity contribution in [3.63, 3.8) is 0 Å². The number of hydrogen-bond acceptors (Lipinski definition) is 6. The molecule has 2 aliphatic rings. The molecular formula is C29H26N6O2. The predicted octanol–water partition coefficient (Wildman–Crippen LogP) is 3.88. The van der Waals surface area contributed by atoms with E-state index >= 15 is 0 Å². The van der Waals surface area contributed by atoms with E-state index in [9.17, 15) is 9.59 Å². The van der Waals surface area contributed by atoms with Gasteiger partial charge in [0.2, 0.25) is 0 Å². The summed E-state index contributed by atoms with van der Waals surface area (Å²) in [6.45, 7) is 2.37. The van der Waals surface area contributed by atoms with Gasteiger partial charge in [0.05, 0.1) is 12.5 Å². The average molecular weight is 491 g/mol. The standard InChI is InChI=1S/C29H26N6O2/c1-2-5-24(37)35-18-29(11-12-29)17-22(35)28-33-25(26-27(30)32-14-15-34(26)28)20-9-7-19(8-10-20)23(36)16-21-6-3-4-13-31-21/h3-4,6-10,13-15,22H,11-12,16-18H2,1H3,(H2,30,32). The van der Waals surface area contributed by atoms with Gasteiger partial charge in [0, 0.05) is 42.0 Å². The van der Waals surface area contributed by atoms with Gasteiger partial charge in [0.1, 0.15) is 22.9 Å². The minimum atomic E-state index is -0.196. The third kappa shape index (κ3) is 4.12. The number of fused-ring (bicyclic) bond motifs is 1. The Hall–Kier alpha value is -4.51. The fourth-order valence-electron chi connectivity index (χ4n) is 5.32. The van der Waals surface area contributed by atoms with E-state index in [1.54, 1.807) is 31.5 Å². The highest BCUT2D eigenvalue weighted by atomic mass is 16.2. The Morgan fingerprint density at radius 3 is 2.62 bits per heavy atom. The first-order valence-electron chi connectivity index (χ1n) is 12.4. The fraction of sp³-hybridized carbons (Fsp3) is 0.276. The number of ketones is 1. The van der Waals surface area contributed by atoms with Gasteiger partial charge in [-0.3, -0.25) is 19.0 Å². The summed E-state index contributed by atoms with van der Waals surface area (Å²) in [6, 6.07) is 12.7. The Labute approximate surface area is 214 Å². The fourth-order valence-corrected chi connectivity index (χ4v) is 5.32. The van der Waals surface area contributed by atoms with E-state index in [1.165, 1.54) is 0 Å². The lowest BCUT2D eigenvalue weighted by Crippen LogP contribution is -2.31. The number of pyridine rings is 1. The molecule has 37 heavy (non-hydrogen) atoms. The van der Waals surface area contributed by atoms with Gasteiger partial charge in [0.25, 0.3) is 5.91 Å². The van der Waals surface area contributed by atoms with Crippen LogP contribution in [-0.2, 0) is 11.2 Å². The van der Waals surface area contributed by atoms with Crippen LogP contribution in [0.15, 0.2) is 61.1 Å². The van der Waals surface area contributed by atoms with Crippen molar-refractivity contribution in [1.82, 2.24) is 24.3 Å². The molecule has 1 saturated carbocycles. The average Bonchev–Trinajstić information content (AvgIpc) is 3.38. The van der Waals surface area contributed by atoms with Crippen molar-refractivity contribution in [3.05, 3.63) is 78.1 Å². The normalized spacial score (nSPS) is 17.5. The quantitative estimate of drug-likeness (QED) is 0.336. The number of anilines is 1. The third-order valence-electron chi connectivity index (χ3n) is 7.41. The van der Waals surface area contributed by atoms with Crippen LogP contribution < -0.4 is 5.73 Å². The number of aromatic nitrogens is 4. The molecule has 1 aromatic carbocycles. The molecule has 3 aromatic heterocycles. The van der Waals surface area contributed by atoms with Crippen LogP contribution in [0.3, 0.4) is 0 Å². The molecule has 2 N–H and O–H groups in total. The van der Waals surface area contributed by atoms with Crippen LogP contribution in [-0.4, -0.2) is 42.5 Å². The smallest absolute Gasteiger partial charge is 0.299 e. The first-order chi connectivity index (χ1) is 18.0. The summed E-state index contributed by atoms with van der Waals surface area (Å²) < 4.78 is 1.95. The van der Waals surface area contributed by atoms with Crippen molar-refractivity contribution in [2.75, 3.05) is 12.3 Å². The molecule has 1 amide bonds.